The summed E-state index contributed by atoms with van der Waals surface area (Å²) in [4.78, 5) is 23.8. The van der Waals surface area contributed by atoms with Crippen LogP contribution in [0.4, 0.5) is 0 Å². The van der Waals surface area contributed by atoms with Gasteiger partial charge in [-0.25, -0.2) is 0 Å². The van der Waals surface area contributed by atoms with Crippen LogP contribution in [-0.2, 0) is 4.79 Å². The molecule has 1 aromatic carbocycles. The highest BCUT2D eigenvalue weighted by Crippen LogP contribution is 2.28. The largest absolute Gasteiger partial charge is 0.481 e. The highest BCUT2D eigenvalue weighted by molar-refractivity contribution is 5.96. The number of rotatable bonds is 5. The molecule has 3 rings (SSSR count). The van der Waals surface area contributed by atoms with E-state index in [1.165, 1.54) is 5.56 Å². The lowest BCUT2D eigenvalue weighted by atomic mass is 10.1. The molecule has 0 radical (unpaired) electrons. The Hall–Kier alpha value is -2.56. The molecule has 1 heterocycles. The Balaban J connectivity index is 1.77. The lowest BCUT2D eigenvalue weighted by Crippen LogP contribution is -2.33. The fourth-order valence-electron chi connectivity index (χ4n) is 4.08. The molecule has 0 saturated heterocycles. The van der Waals surface area contributed by atoms with Crippen molar-refractivity contribution in [3.8, 4) is 0 Å². The number of aryl methyl sites for hydroxylation is 1. The molecule has 138 valence electrons. The first-order valence-electron chi connectivity index (χ1n) is 9.15. The summed E-state index contributed by atoms with van der Waals surface area (Å²) in [5.41, 5.74) is 3.84. The maximum atomic E-state index is 12.8. The molecule has 1 unspecified atom stereocenters. The van der Waals surface area contributed by atoms with Gasteiger partial charge in [0.05, 0.1) is 17.5 Å². The van der Waals surface area contributed by atoms with E-state index in [1.54, 1.807) is 0 Å². The van der Waals surface area contributed by atoms with Gasteiger partial charge >= 0.3 is 5.97 Å². The van der Waals surface area contributed by atoms with E-state index in [0.29, 0.717) is 18.4 Å². The van der Waals surface area contributed by atoms with Gasteiger partial charge < -0.3 is 15.0 Å². The Morgan fingerprint density at radius 2 is 1.88 bits per heavy atom. The van der Waals surface area contributed by atoms with Gasteiger partial charge in [0.1, 0.15) is 0 Å². The summed E-state index contributed by atoms with van der Waals surface area (Å²) in [5, 5.41) is 12.1. The van der Waals surface area contributed by atoms with Crippen LogP contribution in [-0.4, -0.2) is 27.6 Å². The van der Waals surface area contributed by atoms with Crippen LogP contribution in [0.2, 0.25) is 0 Å². The van der Waals surface area contributed by atoms with Crippen molar-refractivity contribution in [2.75, 3.05) is 0 Å². The highest BCUT2D eigenvalue weighted by Gasteiger charge is 2.31. The van der Waals surface area contributed by atoms with E-state index in [0.717, 1.165) is 17.8 Å². The van der Waals surface area contributed by atoms with Crippen LogP contribution in [0.15, 0.2) is 36.4 Å². The van der Waals surface area contributed by atoms with Crippen molar-refractivity contribution in [2.24, 2.45) is 5.92 Å². The second-order valence-electron chi connectivity index (χ2n) is 7.26. The molecule has 0 aliphatic heterocycles. The van der Waals surface area contributed by atoms with Gasteiger partial charge in [-0.2, -0.15) is 0 Å². The first kappa shape index (κ1) is 18.2. The van der Waals surface area contributed by atoms with E-state index in [-0.39, 0.29) is 23.9 Å². The number of carbonyl (C=O) groups is 2. The van der Waals surface area contributed by atoms with Crippen molar-refractivity contribution >= 4 is 11.9 Å². The molecule has 1 aliphatic rings. The number of carboxylic acids is 1. The summed E-state index contributed by atoms with van der Waals surface area (Å²) in [6, 6.07) is 12.2. The minimum absolute atomic E-state index is 0.0572. The average Bonchev–Trinajstić information content (AvgIpc) is 3.20. The van der Waals surface area contributed by atoms with Crippen LogP contribution in [0.1, 0.15) is 59.5 Å². The molecule has 0 bridgehead atoms. The molecule has 1 aliphatic carbocycles. The molecule has 2 aromatic rings. The second-order valence-corrected chi connectivity index (χ2v) is 7.26. The Labute approximate surface area is 154 Å². The predicted molar refractivity (Wildman–Crippen MR) is 100 cm³/mol. The number of nitrogens with zero attached hydrogens (tertiary/aromatic N) is 1. The molecule has 1 aromatic heterocycles. The second kappa shape index (κ2) is 7.36. The number of hydrogen-bond acceptors (Lipinski definition) is 2. The number of aromatic nitrogens is 1. The van der Waals surface area contributed by atoms with Gasteiger partial charge in [-0.3, -0.25) is 9.59 Å². The van der Waals surface area contributed by atoms with E-state index in [2.05, 4.69) is 28.9 Å². The lowest BCUT2D eigenvalue weighted by molar-refractivity contribution is -0.141. The molecule has 1 saturated carbocycles. The molecule has 5 nitrogen and oxygen atoms in total. The third kappa shape index (κ3) is 3.52. The summed E-state index contributed by atoms with van der Waals surface area (Å²) in [5.74, 6) is -1.22. The van der Waals surface area contributed by atoms with E-state index in [1.807, 2.05) is 38.1 Å². The zero-order valence-corrected chi connectivity index (χ0v) is 15.5. The fourth-order valence-corrected chi connectivity index (χ4v) is 4.08. The SMILES string of the molecule is Cc1cc(C(=O)N[C@H]2CC[C@@H](C(=O)O)C2)c(C)n1C(C)c1ccccc1. The van der Waals surface area contributed by atoms with Gasteiger partial charge in [-0.05, 0) is 51.7 Å². The topological polar surface area (TPSA) is 71.3 Å². The summed E-state index contributed by atoms with van der Waals surface area (Å²) < 4.78 is 2.18. The smallest absolute Gasteiger partial charge is 0.306 e. The van der Waals surface area contributed by atoms with Gasteiger partial charge in [0.15, 0.2) is 0 Å². The van der Waals surface area contributed by atoms with Crippen LogP contribution in [0.5, 0.6) is 0 Å². The van der Waals surface area contributed by atoms with E-state index in [4.69, 9.17) is 5.11 Å². The number of amides is 1. The highest BCUT2D eigenvalue weighted by atomic mass is 16.4. The van der Waals surface area contributed by atoms with Crippen LogP contribution in [0, 0.1) is 19.8 Å². The molecular formula is C21H26N2O3. The zero-order chi connectivity index (χ0) is 18.8. The van der Waals surface area contributed by atoms with Crippen molar-refractivity contribution < 1.29 is 14.7 Å². The van der Waals surface area contributed by atoms with Crippen LogP contribution >= 0.6 is 0 Å². The van der Waals surface area contributed by atoms with Crippen LogP contribution in [0.3, 0.4) is 0 Å². The first-order valence-corrected chi connectivity index (χ1v) is 9.15. The van der Waals surface area contributed by atoms with Gasteiger partial charge in [-0.15, -0.1) is 0 Å². The standard InChI is InChI=1S/C21H26N2O3/c1-13-11-19(20(24)22-18-10-9-17(12-18)21(25)26)15(3)23(13)14(2)16-7-5-4-6-8-16/h4-8,11,14,17-18H,9-10,12H2,1-3H3,(H,22,24)(H,25,26)/t14?,17-,18+/m1/s1. The minimum atomic E-state index is -0.767. The maximum Gasteiger partial charge on any atom is 0.306 e. The Morgan fingerprint density at radius 3 is 2.50 bits per heavy atom. The molecule has 3 atom stereocenters. The summed E-state index contributed by atoms with van der Waals surface area (Å²) in [6.07, 6.45) is 1.87. The molecule has 26 heavy (non-hydrogen) atoms. The molecule has 5 heteroatoms. The van der Waals surface area contributed by atoms with Crippen LogP contribution in [0.25, 0.3) is 0 Å². The van der Waals surface area contributed by atoms with Gasteiger partial charge in [0.2, 0.25) is 0 Å². The van der Waals surface area contributed by atoms with E-state index < -0.39 is 5.97 Å². The summed E-state index contributed by atoms with van der Waals surface area (Å²) in [7, 11) is 0. The predicted octanol–water partition coefficient (Wildman–Crippen LogP) is 3.70. The van der Waals surface area contributed by atoms with Gasteiger partial charge in [0.25, 0.3) is 5.91 Å². The molecular weight excluding hydrogens is 328 g/mol. The van der Waals surface area contributed by atoms with Crippen molar-refractivity contribution in [1.29, 1.82) is 0 Å². The average molecular weight is 354 g/mol. The number of hydrogen-bond donors (Lipinski definition) is 2. The third-order valence-electron chi connectivity index (χ3n) is 5.52. The van der Waals surface area contributed by atoms with Crippen molar-refractivity contribution in [2.45, 2.75) is 52.1 Å². The summed E-state index contributed by atoms with van der Waals surface area (Å²) >= 11 is 0. The van der Waals surface area contributed by atoms with Crippen molar-refractivity contribution in [3.63, 3.8) is 0 Å². The van der Waals surface area contributed by atoms with Crippen molar-refractivity contribution in [3.05, 3.63) is 58.9 Å². The van der Waals surface area contributed by atoms with Crippen LogP contribution < -0.4 is 5.32 Å². The zero-order valence-electron chi connectivity index (χ0n) is 15.5. The maximum absolute atomic E-state index is 12.8. The molecule has 1 amide bonds. The number of carboxylic acid groups (broad SMARTS) is 1. The monoisotopic (exact) mass is 354 g/mol. The Kier molecular flexibility index (Phi) is 5.16. The quantitative estimate of drug-likeness (QED) is 0.860. The number of aliphatic carboxylic acids is 1. The molecule has 0 spiro atoms. The van der Waals surface area contributed by atoms with Crippen molar-refractivity contribution in [1.82, 2.24) is 9.88 Å². The summed E-state index contributed by atoms with van der Waals surface area (Å²) in [6.45, 7) is 6.11. The molecule has 1 fully saturated rings. The third-order valence-corrected chi connectivity index (χ3v) is 5.52. The normalized spacial score (nSPS) is 20.7. The van der Waals surface area contributed by atoms with E-state index >= 15 is 0 Å². The molecule has 2 N–H and O–H groups in total. The Bertz CT molecular complexity index is 810. The number of benzene rings is 1. The van der Waals surface area contributed by atoms with E-state index in [9.17, 15) is 9.59 Å². The fraction of sp³-hybridized carbons (Fsp3) is 0.429. The number of nitrogens with one attached hydrogen (secondary N) is 1. The first-order chi connectivity index (χ1) is 12.4. The lowest BCUT2D eigenvalue weighted by Gasteiger charge is -2.19. The van der Waals surface area contributed by atoms with Gasteiger partial charge in [-0.1, -0.05) is 30.3 Å². The minimum Gasteiger partial charge on any atom is -0.481 e. The Morgan fingerprint density at radius 1 is 1.19 bits per heavy atom. The number of carbonyl (C=O) groups excluding carboxylic acids is 1. The van der Waals surface area contributed by atoms with Gasteiger partial charge in [0, 0.05) is 17.4 Å².